The monoisotopic (exact) mass is 380 g/mol. The number of nitrogens with one attached hydrogen (secondary N) is 1. The molecule has 1 amide bonds. The minimum Gasteiger partial charge on any atom is -0.342 e. The van der Waals surface area contributed by atoms with Crippen molar-refractivity contribution in [3.8, 4) is 0 Å². The number of rotatable bonds is 5. The van der Waals surface area contributed by atoms with E-state index >= 15 is 0 Å². The molecule has 4 rings (SSSR count). The van der Waals surface area contributed by atoms with E-state index in [1.165, 1.54) is 16.8 Å². The second-order valence-corrected chi connectivity index (χ2v) is 8.22. The van der Waals surface area contributed by atoms with E-state index in [9.17, 15) is 4.79 Å². The van der Waals surface area contributed by atoms with Gasteiger partial charge in [0.15, 0.2) is 0 Å². The maximum Gasteiger partial charge on any atom is 0.228 e. The number of thiazole rings is 1. The number of hydrogen-bond donors (Lipinski definition) is 1. The van der Waals surface area contributed by atoms with Gasteiger partial charge in [-0.3, -0.25) is 9.89 Å². The van der Waals surface area contributed by atoms with Gasteiger partial charge in [-0.05, 0) is 30.9 Å². The van der Waals surface area contributed by atoms with Crippen LogP contribution >= 0.6 is 11.3 Å². The smallest absolute Gasteiger partial charge is 0.228 e. The number of likely N-dealkylation sites (tertiary alicyclic amines) is 1. The van der Waals surface area contributed by atoms with Gasteiger partial charge in [0.25, 0.3) is 0 Å². The molecule has 1 aliphatic heterocycles. The summed E-state index contributed by atoms with van der Waals surface area (Å²) in [6.45, 7) is 3.58. The van der Waals surface area contributed by atoms with Crippen molar-refractivity contribution in [2.75, 3.05) is 13.1 Å². The molecule has 140 valence electrons. The number of hydrogen-bond acceptors (Lipinski definition) is 4. The number of carbonyl (C=O) groups is 1. The maximum atomic E-state index is 12.5. The summed E-state index contributed by atoms with van der Waals surface area (Å²) in [5.74, 6) is 0.629. The summed E-state index contributed by atoms with van der Waals surface area (Å²) in [5, 5.41) is 10.5. The molecule has 0 radical (unpaired) electrons. The zero-order chi connectivity index (χ0) is 18.6. The standard InChI is InChI=1S/C21H24N4OS/c1-15-23-19(14-27-15)12-20(26)25-9-7-17(8-10-25)21-18(13-22-24-21)11-16-5-3-2-4-6-16/h2-6,13-14,17H,7-12H2,1H3,(H,22,24). The Morgan fingerprint density at radius 2 is 2.04 bits per heavy atom. The molecule has 0 bridgehead atoms. The predicted molar refractivity (Wildman–Crippen MR) is 107 cm³/mol. The van der Waals surface area contributed by atoms with E-state index in [0.29, 0.717) is 12.3 Å². The van der Waals surface area contributed by atoms with Crippen LogP contribution in [0.3, 0.4) is 0 Å². The first kappa shape index (κ1) is 17.9. The van der Waals surface area contributed by atoms with Gasteiger partial charge in [0, 0.05) is 36.5 Å². The molecule has 0 aliphatic carbocycles. The zero-order valence-corrected chi connectivity index (χ0v) is 16.3. The topological polar surface area (TPSA) is 61.9 Å². The van der Waals surface area contributed by atoms with Crippen molar-refractivity contribution >= 4 is 17.2 Å². The van der Waals surface area contributed by atoms with Gasteiger partial charge in [-0.2, -0.15) is 5.10 Å². The molecule has 1 aliphatic rings. The van der Waals surface area contributed by atoms with Crippen LogP contribution in [0.25, 0.3) is 0 Å². The molecule has 0 spiro atoms. The summed E-state index contributed by atoms with van der Waals surface area (Å²) in [7, 11) is 0. The Morgan fingerprint density at radius 1 is 1.26 bits per heavy atom. The first-order valence-corrected chi connectivity index (χ1v) is 10.3. The number of H-pyrrole nitrogens is 1. The van der Waals surface area contributed by atoms with E-state index in [-0.39, 0.29) is 5.91 Å². The average Bonchev–Trinajstić information content (AvgIpc) is 3.31. The molecule has 0 unspecified atom stereocenters. The average molecular weight is 381 g/mol. The van der Waals surface area contributed by atoms with Crippen molar-refractivity contribution in [2.24, 2.45) is 0 Å². The third kappa shape index (κ3) is 4.27. The molecule has 5 nitrogen and oxygen atoms in total. The quantitative estimate of drug-likeness (QED) is 0.734. The fourth-order valence-corrected chi connectivity index (χ4v) is 4.42. The number of piperidine rings is 1. The summed E-state index contributed by atoms with van der Waals surface area (Å²) in [5.41, 5.74) is 4.69. The van der Waals surface area contributed by atoms with Crippen LogP contribution in [-0.2, 0) is 17.6 Å². The molecule has 1 N–H and O–H groups in total. The summed E-state index contributed by atoms with van der Waals surface area (Å²) < 4.78 is 0. The highest BCUT2D eigenvalue weighted by Crippen LogP contribution is 2.30. The Labute approximate surface area is 163 Å². The zero-order valence-electron chi connectivity index (χ0n) is 15.5. The first-order valence-electron chi connectivity index (χ1n) is 9.44. The Kier molecular flexibility index (Phi) is 5.34. The number of aromatic amines is 1. The molecule has 0 saturated carbocycles. The third-order valence-corrected chi connectivity index (χ3v) is 6.07. The van der Waals surface area contributed by atoms with E-state index in [2.05, 4.69) is 39.4 Å². The highest BCUT2D eigenvalue weighted by molar-refractivity contribution is 7.09. The SMILES string of the molecule is Cc1nc(CC(=O)N2CCC(c3[nH]ncc3Cc3ccccc3)CC2)cs1. The predicted octanol–water partition coefficient (Wildman–Crippen LogP) is 3.71. The van der Waals surface area contributed by atoms with Crippen LogP contribution in [0, 0.1) is 6.92 Å². The van der Waals surface area contributed by atoms with Crippen LogP contribution in [0.2, 0.25) is 0 Å². The van der Waals surface area contributed by atoms with Crippen molar-refractivity contribution in [3.63, 3.8) is 0 Å². The van der Waals surface area contributed by atoms with E-state index in [0.717, 1.165) is 43.1 Å². The largest absolute Gasteiger partial charge is 0.342 e. The lowest BCUT2D eigenvalue weighted by Crippen LogP contribution is -2.39. The fourth-order valence-electron chi connectivity index (χ4n) is 3.80. The van der Waals surface area contributed by atoms with Crippen LogP contribution in [0.4, 0.5) is 0 Å². The number of benzene rings is 1. The van der Waals surface area contributed by atoms with Crippen LogP contribution < -0.4 is 0 Å². The molecule has 3 aromatic rings. The highest BCUT2D eigenvalue weighted by atomic mass is 32.1. The van der Waals surface area contributed by atoms with Crippen LogP contribution in [0.5, 0.6) is 0 Å². The molecular formula is C21H24N4OS. The number of aromatic nitrogens is 3. The van der Waals surface area contributed by atoms with Crippen LogP contribution in [-0.4, -0.2) is 39.1 Å². The third-order valence-electron chi connectivity index (χ3n) is 5.24. The molecule has 2 aromatic heterocycles. The van der Waals surface area contributed by atoms with E-state index in [4.69, 9.17) is 0 Å². The summed E-state index contributed by atoms with van der Waals surface area (Å²) in [4.78, 5) is 18.9. The van der Waals surface area contributed by atoms with Crippen LogP contribution in [0.15, 0.2) is 41.9 Å². The summed E-state index contributed by atoms with van der Waals surface area (Å²) in [6, 6.07) is 10.5. The second-order valence-electron chi connectivity index (χ2n) is 7.16. The molecule has 3 heterocycles. The fraction of sp³-hybridized carbons (Fsp3) is 0.381. The van der Waals surface area contributed by atoms with Gasteiger partial charge in [0.1, 0.15) is 0 Å². The van der Waals surface area contributed by atoms with Gasteiger partial charge in [0.2, 0.25) is 5.91 Å². The Balaban J connectivity index is 1.35. The molecule has 1 fully saturated rings. The van der Waals surface area contributed by atoms with E-state index < -0.39 is 0 Å². The Bertz CT molecular complexity index is 894. The van der Waals surface area contributed by atoms with Gasteiger partial charge in [-0.15, -0.1) is 11.3 Å². The lowest BCUT2D eigenvalue weighted by molar-refractivity contribution is -0.131. The highest BCUT2D eigenvalue weighted by Gasteiger charge is 2.26. The van der Waals surface area contributed by atoms with E-state index in [1.54, 1.807) is 11.3 Å². The molecule has 1 aromatic carbocycles. The first-order chi connectivity index (χ1) is 13.2. The van der Waals surface area contributed by atoms with Gasteiger partial charge >= 0.3 is 0 Å². The Hall–Kier alpha value is -2.47. The molecule has 0 atom stereocenters. The van der Waals surface area contributed by atoms with Gasteiger partial charge < -0.3 is 4.90 Å². The molecular weight excluding hydrogens is 356 g/mol. The minimum atomic E-state index is 0.188. The number of amides is 1. The minimum absolute atomic E-state index is 0.188. The van der Waals surface area contributed by atoms with Crippen molar-refractivity contribution in [1.29, 1.82) is 0 Å². The lowest BCUT2D eigenvalue weighted by atomic mass is 9.89. The molecule has 1 saturated heterocycles. The maximum absolute atomic E-state index is 12.5. The lowest BCUT2D eigenvalue weighted by Gasteiger charge is -2.32. The van der Waals surface area contributed by atoms with Crippen molar-refractivity contribution in [2.45, 2.75) is 38.5 Å². The van der Waals surface area contributed by atoms with Crippen molar-refractivity contribution in [3.05, 3.63) is 69.4 Å². The van der Waals surface area contributed by atoms with Gasteiger partial charge in [0.05, 0.1) is 23.3 Å². The van der Waals surface area contributed by atoms with Crippen molar-refractivity contribution < 1.29 is 4.79 Å². The van der Waals surface area contributed by atoms with Crippen LogP contribution in [0.1, 0.15) is 46.3 Å². The number of nitrogens with zero attached hydrogens (tertiary/aromatic N) is 3. The summed E-state index contributed by atoms with van der Waals surface area (Å²) in [6.07, 6.45) is 5.22. The van der Waals surface area contributed by atoms with E-state index in [1.807, 2.05) is 29.5 Å². The Morgan fingerprint density at radius 3 is 2.74 bits per heavy atom. The number of carbonyl (C=O) groups excluding carboxylic acids is 1. The van der Waals surface area contributed by atoms with Gasteiger partial charge in [-0.1, -0.05) is 30.3 Å². The second kappa shape index (κ2) is 8.05. The molecule has 27 heavy (non-hydrogen) atoms. The van der Waals surface area contributed by atoms with Gasteiger partial charge in [-0.25, -0.2) is 4.98 Å². The normalized spacial score (nSPS) is 15.2. The molecule has 6 heteroatoms. The summed E-state index contributed by atoms with van der Waals surface area (Å²) >= 11 is 1.60. The van der Waals surface area contributed by atoms with Crippen molar-refractivity contribution in [1.82, 2.24) is 20.1 Å². The number of aryl methyl sites for hydroxylation is 1.